The Morgan fingerprint density at radius 3 is 2.32 bits per heavy atom. The minimum atomic E-state index is -0.0710. The Labute approximate surface area is 165 Å². The molecule has 0 amide bonds. The first-order valence-corrected chi connectivity index (χ1v) is 9.96. The van der Waals surface area contributed by atoms with E-state index in [4.69, 9.17) is 0 Å². The highest BCUT2D eigenvalue weighted by Crippen LogP contribution is 2.16. The van der Waals surface area contributed by atoms with Crippen LogP contribution in [0.4, 0.5) is 0 Å². The molecule has 2 heterocycles. The predicted molar refractivity (Wildman–Crippen MR) is 111 cm³/mol. The fourth-order valence-electron chi connectivity index (χ4n) is 3.66. The number of aromatic nitrogens is 3. The zero-order valence-electron chi connectivity index (χ0n) is 16.6. The molecule has 0 N–H and O–H groups in total. The van der Waals surface area contributed by atoms with Crippen LogP contribution in [-0.2, 0) is 13.2 Å². The molecule has 1 aliphatic rings. The van der Waals surface area contributed by atoms with Gasteiger partial charge in [0.2, 0.25) is 0 Å². The van der Waals surface area contributed by atoms with Gasteiger partial charge in [-0.1, -0.05) is 55.5 Å². The zero-order chi connectivity index (χ0) is 19.5. The number of nitrogens with zero attached hydrogens (tertiary/aromatic N) is 5. The molecule has 0 aliphatic carbocycles. The molecule has 1 fully saturated rings. The van der Waals surface area contributed by atoms with Crippen LogP contribution in [0.3, 0.4) is 0 Å². The summed E-state index contributed by atoms with van der Waals surface area (Å²) in [5.41, 5.74) is 3.32. The molecule has 2 aromatic carbocycles. The molecule has 1 aromatic heterocycles. The summed E-state index contributed by atoms with van der Waals surface area (Å²) >= 11 is 0. The van der Waals surface area contributed by atoms with Crippen LogP contribution >= 0.6 is 0 Å². The molecule has 4 rings (SSSR count). The van der Waals surface area contributed by atoms with Crippen molar-refractivity contribution in [3.05, 3.63) is 70.0 Å². The number of rotatable bonds is 5. The maximum Gasteiger partial charge on any atom is 0.278 e. The summed E-state index contributed by atoms with van der Waals surface area (Å²) in [7, 11) is 0. The van der Waals surface area contributed by atoms with E-state index in [9.17, 15) is 4.79 Å². The fraction of sp³-hybridized carbons (Fsp3) is 0.409. The largest absolute Gasteiger partial charge is 0.297 e. The van der Waals surface area contributed by atoms with Crippen molar-refractivity contribution >= 4 is 10.9 Å². The quantitative estimate of drug-likeness (QED) is 0.684. The van der Waals surface area contributed by atoms with Crippen molar-refractivity contribution in [2.24, 2.45) is 0 Å². The molecular weight excluding hydrogens is 350 g/mol. The first-order chi connectivity index (χ1) is 13.6. The van der Waals surface area contributed by atoms with E-state index in [0.29, 0.717) is 23.5 Å². The van der Waals surface area contributed by atoms with Crippen LogP contribution in [-0.4, -0.2) is 51.0 Å². The molecule has 28 heavy (non-hydrogen) atoms. The van der Waals surface area contributed by atoms with E-state index in [1.807, 2.05) is 24.3 Å². The summed E-state index contributed by atoms with van der Waals surface area (Å²) in [6.07, 6.45) is 0. The highest BCUT2D eigenvalue weighted by atomic mass is 16.1. The van der Waals surface area contributed by atoms with Crippen molar-refractivity contribution in [2.75, 3.05) is 26.2 Å². The van der Waals surface area contributed by atoms with E-state index in [2.05, 4.69) is 58.2 Å². The van der Waals surface area contributed by atoms with Gasteiger partial charge in [0.1, 0.15) is 5.52 Å². The van der Waals surface area contributed by atoms with Crippen molar-refractivity contribution in [2.45, 2.75) is 33.0 Å². The summed E-state index contributed by atoms with van der Waals surface area (Å²) in [4.78, 5) is 17.3. The van der Waals surface area contributed by atoms with Gasteiger partial charge in [-0.25, -0.2) is 0 Å². The first kappa shape index (κ1) is 18.8. The van der Waals surface area contributed by atoms with E-state index >= 15 is 0 Å². The summed E-state index contributed by atoms with van der Waals surface area (Å²) < 4.78 is 1.47. The molecule has 0 radical (unpaired) electrons. The summed E-state index contributed by atoms with van der Waals surface area (Å²) in [5.74, 6) is 0.569. The minimum Gasteiger partial charge on any atom is -0.297 e. The molecule has 6 nitrogen and oxygen atoms in total. The molecule has 146 valence electrons. The molecule has 0 saturated carbocycles. The average Bonchev–Trinajstić information content (AvgIpc) is 2.72. The topological polar surface area (TPSA) is 54.3 Å². The van der Waals surface area contributed by atoms with Crippen LogP contribution in [0.2, 0.25) is 0 Å². The van der Waals surface area contributed by atoms with Crippen LogP contribution in [0.25, 0.3) is 10.9 Å². The van der Waals surface area contributed by atoms with Crippen LogP contribution < -0.4 is 5.56 Å². The molecule has 1 saturated heterocycles. The third kappa shape index (κ3) is 4.13. The van der Waals surface area contributed by atoms with Crippen LogP contribution in [0, 0.1) is 0 Å². The van der Waals surface area contributed by atoms with E-state index in [-0.39, 0.29) is 5.56 Å². The number of hydrogen-bond donors (Lipinski definition) is 0. The maximum absolute atomic E-state index is 12.6. The Kier molecular flexibility index (Phi) is 5.50. The van der Waals surface area contributed by atoms with Gasteiger partial charge in [-0.05, 0) is 29.2 Å². The van der Waals surface area contributed by atoms with Crippen molar-refractivity contribution in [1.29, 1.82) is 0 Å². The first-order valence-electron chi connectivity index (χ1n) is 9.96. The SMILES string of the molecule is CC(C)c1ccc(CN2CCN(Cn3nnc4ccccc4c3=O)CC2)cc1. The molecule has 0 bridgehead atoms. The molecule has 1 aliphatic heterocycles. The molecule has 0 atom stereocenters. The minimum absolute atomic E-state index is 0.0710. The molecule has 0 spiro atoms. The van der Waals surface area contributed by atoms with Crippen molar-refractivity contribution in [3.63, 3.8) is 0 Å². The second kappa shape index (κ2) is 8.20. The number of benzene rings is 2. The Morgan fingerprint density at radius 1 is 0.929 bits per heavy atom. The summed E-state index contributed by atoms with van der Waals surface area (Å²) in [5, 5.41) is 8.91. The van der Waals surface area contributed by atoms with Crippen molar-refractivity contribution < 1.29 is 0 Å². The second-order valence-electron chi connectivity index (χ2n) is 7.84. The third-order valence-corrected chi connectivity index (χ3v) is 5.48. The molecule has 6 heteroatoms. The van der Waals surface area contributed by atoms with Gasteiger partial charge in [0.05, 0.1) is 12.1 Å². The lowest BCUT2D eigenvalue weighted by Gasteiger charge is -2.34. The molecule has 0 unspecified atom stereocenters. The van der Waals surface area contributed by atoms with E-state index < -0.39 is 0 Å². The van der Waals surface area contributed by atoms with E-state index in [1.165, 1.54) is 15.8 Å². The van der Waals surface area contributed by atoms with Crippen LogP contribution in [0.5, 0.6) is 0 Å². The van der Waals surface area contributed by atoms with Crippen molar-refractivity contribution in [3.8, 4) is 0 Å². The predicted octanol–water partition coefficient (Wildman–Crippen LogP) is 2.69. The smallest absolute Gasteiger partial charge is 0.278 e. The van der Waals surface area contributed by atoms with Crippen LogP contribution in [0.1, 0.15) is 30.9 Å². The lowest BCUT2D eigenvalue weighted by atomic mass is 10.0. The summed E-state index contributed by atoms with van der Waals surface area (Å²) in [6, 6.07) is 16.3. The van der Waals surface area contributed by atoms with Gasteiger partial charge in [0.15, 0.2) is 0 Å². The van der Waals surface area contributed by atoms with Gasteiger partial charge < -0.3 is 0 Å². The number of fused-ring (bicyclic) bond motifs is 1. The van der Waals surface area contributed by atoms with Gasteiger partial charge >= 0.3 is 0 Å². The number of hydrogen-bond acceptors (Lipinski definition) is 5. The second-order valence-corrected chi connectivity index (χ2v) is 7.84. The third-order valence-electron chi connectivity index (χ3n) is 5.48. The fourth-order valence-corrected chi connectivity index (χ4v) is 3.66. The average molecular weight is 377 g/mol. The van der Waals surface area contributed by atoms with Gasteiger partial charge in [-0.2, -0.15) is 4.68 Å². The Balaban J connectivity index is 1.34. The Morgan fingerprint density at radius 2 is 1.61 bits per heavy atom. The van der Waals surface area contributed by atoms with E-state index in [0.717, 1.165) is 32.7 Å². The van der Waals surface area contributed by atoms with E-state index in [1.54, 1.807) is 0 Å². The standard InChI is InChI=1S/C22H27N5O/c1-17(2)19-9-7-18(8-10-19)15-25-11-13-26(14-12-25)16-27-22(28)20-5-3-4-6-21(20)23-24-27/h3-10,17H,11-16H2,1-2H3. The van der Waals surface area contributed by atoms with Gasteiger partial charge in [-0.15, -0.1) is 5.10 Å². The monoisotopic (exact) mass is 377 g/mol. The number of piperazine rings is 1. The normalized spacial score (nSPS) is 16.1. The van der Waals surface area contributed by atoms with Gasteiger partial charge in [0.25, 0.3) is 5.56 Å². The van der Waals surface area contributed by atoms with Gasteiger partial charge in [0, 0.05) is 32.7 Å². The van der Waals surface area contributed by atoms with Crippen molar-refractivity contribution in [1.82, 2.24) is 24.8 Å². The maximum atomic E-state index is 12.6. The summed E-state index contributed by atoms with van der Waals surface area (Å²) in [6.45, 7) is 9.73. The molecule has 3 aromatic rings. The highest BCUT2D eigenvalue weighted by Gasteiger charge is 2.18. The highest BCUT2D eigenvalue weighted by molar-refractivity contribution is 5.76. The lowest BCUT2D eigenvalue weighted by Crippen LogP contribution is -2.47. The zero-order valence-corrected chi connectivity index (χ0v) is 16.6. The Bertz CT molecular complexity index is 988. The molecular formula is C22H27N5O. The van der Waals surface area contributed by atoms with Gasteiger partial charge in [-0.3, -0.25) is 14.6 Å². The van der Waals surface area contributed by atoms with Crippen LogP contribution in [0.15, 0.2) is 53.3 Å². The Hall–Kier alpha value is -2.57. The lowest BCUT2D eigenvalue weighted by molar-refractivity contribution is 0.0961.